The lowest BCUT2D eigenvalue weighted by Gasteiger charge is -2.38. The van der Waals surface area contributed by atoms with E-state index in [1.54, 1.807) is 11.3 Å². The van der Waals surface area contributed by atoms with Crippen LogP contribution in [0.15, 0.2) is 17.5 Å². The molecule has 0 spiro atoms. The van der Waals surface area contributed by atoms with E-state index >= 15 is 0 Å². The summed E-state index contributed by atoms with van der Waals surface area (Å²) in [4.78, 5) is 15.8. The molecule has 1 aromatic rings. The van der Waals surface area contributed by atoms with Gasteiger partial charge >= 0.3 is 0 Å². The smallest absolute Gasteiger partial charge is 0.243 e. The molecule has 1 aromatic heterocycles. The van der Waals surface area contributed by atoms with Gasteiger partial charge in [0.2, 0.25) is 5.91 Å². The molecule has 1 heterocycles. The molecule has 0 radical (unpaired) electrons. The monoisotopic (exact) mass is 260 g/mol. The van der Waals surface area contributed by atoms with E-state index in [0.29, 0.717) is 12.6 Å². The van der Waals surface area contributed by atoms with Crippen molar-refractivity contribution >= 4 is 17.2 Å². The van der Waals surface area contributed by atoms with Crippen LogP contribution < -0.4 is 0 Å². The molecule has 2 fully saturated rings. The molecule has 2 aliphatic rings. The molecular weight excluding hydrogens is 244 g/mol. The molecule has 1 amide bonds. The van der Waals surface area contributed by atoms with Crippen LogP contribution in [0.3, 0.4) is 0 Å². The topological polar surface area (TPSA) is 44.1 Å². The maximum absolute atomic E-state index is 12.6. The predicted octanol–water partition coefficient (Wildman–Crippen LogP) is 2.93. The van der Waals surface area contributed by atoms with Crippen molar-refractivity contribution in [2.45, 2.75) is 44.7 Å². The van der Waals surface area contributed by atoms with Gasteiger partial charge in [0, 0.05) is 10.9 Å². The summed E-state index contributed by atoms with van der Waals surface area (Å²) in [6, 6.07) is 6.73. The van der Waals surface area contributed by atoms with Crippen molar-refractivity contribution in [1.82, 2.24) is 4.90 Å². The highest BCUT2D eigenvalue weighted by molar-refractivity contribution is 7.09. The molecule has 3 rings (SSSR count). The van der Waals surface area contributed by atoms with Crippen LogP contribution in [0.4, 0.5) is 0 Å². The molecule has 0 aliphatic heterocycles. The van der Waals surface area contributed by atoms with Gasteiger partial charge in [0.05, 0.1) is 12.6 Å². The summed E-state index contributed by atoms with van der Waals surface area (Å²) < 4.78 is 0. The summed E-state index contributed by atoms with van der Waals surface area (Å²) in [7, 11) is 0. The third kappa shape index (κ3) is 1.93. The van der Waals surface area contributed by atoms with E-state index in [1.807, 2.05) is 16.3 Å². The molecule has 0 bridgehead atoms. The van der Waals surface area contributed by atoms with Gasteiger partial charge in [-0.2, -0.15) is 5.26 Å². The van der Waals surface area contributed by atoms with E-state index in [2.05, 4.69) is 12.1 Å². The van der Waals surface area contributed by atoms with E-state index in [-0.39, 0.29) is 5.91 Å². The lowest BCUT2D eigenvalue weighted by molar-refractivity contribution is -0.144. The molecule has 3 nitrogen and oxygen atoms in total. The van der Waals surface area contributed by atoms with Crippen molar-refractivity contribution in [2.24, 2.45) is 5.41 Å². The Morgan fingerprint density at radius 3 is 2.78 bits per heavy atom. The van der Waals surface area contributed by atoms with E-state index in [0.717, 1.165) is 32.1 Å². The minimum Gasteiger partial charge on any atom is -0.333 e. The Bertz CT molecular complexity index is 480. The van der Waals surface area contributed by atoms with E-state index in [1.165, 1.54) is 4.88 Å². The highest BCUT2D eigenvalue weighted by Crippen LogP contribution is 2.44. The van der Waals surface area contributed by atoms with Gasteiger partial charge in [-0.25, -0.2) is 0 Å². The fraction of sp³-hybridized carbons (Fsp3) is 0.571. The van der Waals surface area contributed by atoms with Crippen molar-refractivity contribution < 1.29 is 4.79 Å². The van der Waals surface area contributed by atoms with Crippen molar-refractivity contribution in [2.75, 3.05) is 0 Å². The standard InChI is InChI=1S/C14H16N2OS/c15-10-14(6-2-7-14)13(17)16(11-4-5-11)9-12-3-1-8-18-12/h1,3,8,11H,2,4-7,9H2. The fourth-order valence-electron chi connectivity index (χ4n) is 2.50. The summed E-state index contributed by atoms with van der Waals surface area (Å²) in [6.07, 6.45) is 4.69. The number of carbonyl (C=O) groups is 1. The van der Waals surface area contributed by atoms with Crippen molar-refractivity contribution in [1.29, 1.82) is 5.26 Å². The van der Waals surface area contributed by atoms with E-state index in [4.69, 9.17) is 0 Å². The van der Waals surface area contributed by atoms with Gasteiger partial charge in [0.25, 0.3) is 0 Å². The van der Waals surface area contributed by atoms with Crippen molar-refractivity contribution in [3.05, 3.63) is 22.4 Å². The Kier molecular flexibility index (Phi) is 2.87. The van der Waals surface area contributed by atoms with E-state index < -0.39 is 5.41 Å². The number of hydrogen-bond donors (Lipinski definition) is 0. The second kappa shape index (κ2) is 4.40. The van der Waals surface area contributed by atoms with Gasteiger partial charge in [-0.3, -0.25) is 4.79 Å². The minimum absolute atomic E-state index is 0.0761. The van der Waals surface area contributed by atoms with Gasteiger partial charge in [-0.15, -0.1) is 11.3 Å². The molecule has 2 saturated carbocycles. The number of carbonyl (C=O) groups excluding carboxylic acids is 1. The molecule has 0 saturated heterocycles. The maximum Gasteiger partial charge on any atom is 0.243 e. The number of nitrogens with zero attached hydrogens (tertiary/aromatic N) is 2. The largest absolute Gasteiger partial charge is 0.333 e. The first-order valence-corrected chi connectivity index (χ1v) is 7.38. The summed E-state index contributed by atoms with van der Waals surface area (Å²) in [5, 5.41) is 11.3. The molecule has 0 N–H and O–H groups in total. The number of amides is 1. The second-order valence-electron chi connectivity index (χ2n) is 5.29. The Morgan fingerprint density at radius 1 is 1.56 bits per heavy atom. The first-order valence-electron chi connectivity index (χ1n) is 6.50. The zero-order chi connectivity index (χ0) is 12.6. The molecule has 2 aliphatic carbocycles. The van der Waals surface area contributed by atoms with Crippen molar-refractivity contribution in [3.8, 4) is 6.07 Å². The van der Waals surface area contributed by atoms with Gasteiger partial charge in [0.15, 0.2) is 0 Å². The van der Waals surface area contributed by atoms with Crippen LogP contribution in [-0.4, -0.2) is 16.8 Å². The highest BCUT2D eigenvalue weighted by Gasteiger charge is 2.49. The lowest BCUT2D eigenvalue weighted by atomic mass is 9.69. The number of hydrogen-bond acceptors (Lipinski definition) is 3. The fourth-order valence-corrected chi connectivity index (χ4v) is 3.20. The van der Waals surface area contributed by atoms with Gasteiger partial charge in [-0.1, -0.05) is 6.07 Å². The average molecular weight is 260 g/mol. The first-order chi connectivity index (χ1) is 8.75. The van der Waals surface area contributed by atoms with Crippen LogP contribution in [0.2, 0.25) is 0 Å². The van der Waals surface area contributed by atoms with Gasteiger partial charge in [-0.05, 0) is 43.6 Å². The van der Waals surface area contributed by atoms with Crippen LogP contribution in [0.1, 0.15) is 37.0 Å². The molecule has 94 valence electrons. The Labute approximate surface area is 111 Å². The number of nitriles is 1. The normalized spacial score (nSPS) is 20.8. The Morgan fingerprint density at radius 2 is 2.33 bits per heavy atom. The van der Waals surface area contributed by atoms with Crippen LogP contribution in [0.5, 0.6) is 0 Å². The summed E-state index contributed by atoms with van der Waals surface area (Å²) >= 11 is 1.68. The van der Waals surface area contributed by atoms with Crippen LogP contribution in [0, 0.1) is 16.7 Å². The SMILES string of the molecule is N#CC1(C(=O)N(Cc2cccs2)C2CC2)CCC1. The van der Waals surface area contributed by atoms with Crippen LogP contribution >= 0.6 is 11.3 Å². The Balaban J connectivity index is 1.78. The van der Waals surface area contributed by atoms with Crippen LogP contribution in [0.25, 0.3) is 0 Å². The van der Waals surface area contributed by atoms with Crippen LogP contribution in [-0.2, 0) is 11.3 Å². The summed E-state index contributed by atoms with van der Waals surface area (Å²) in [6.45, 7) is 0.685. The summed E-state index contributed by atoms with van der Waals surface area (Å²) in [5.41, 5.74) is -0.695. The van der Waals surface area contributed by atoms with Crippen molar-refractivity contribution in [3.63, 3.8) is 0 Å². The first kappa shape index (κ1) is 11.7. The number of rotatable bonds is 4. The number of thiophene rings is 1. The molecule has 0 aromatic carbocycles. The zero-order valence-electron chi connectivity index (χ0n) is 10.3. The maximum atomic E-state index is 12.6. The molecule has 4 heteroatoms. The molecular formula is C14H16N2OS. The summed E-state index contributed by atoms with van der Waals surface area (Å²) in [5.74, 6) is 0.0761. The predicted molar refractivity (Wildman–Crippen MR) is 69.8 cm³/mol. The Hall–Kier alpha value is -1.34. The molecule has 0 unspecified atom stereocenters. The van der Waals surface area contributed by atoms with E-state index in [9.17, 15) is 10.1 Å². The zero-order valence-corrected chi connectivity index (χ0v) is 11.1. The average Bonchev–Trinajstić information content (AvgIpc) is 3.03. The lowest BCUT2D eigenvalue weighted by Crippen LogP contribution is -2.47. The quantitative estimate of drug-likeness (QED) is 0.835. The minimum atomic E-state index is -0.695. The molecule has 0 atom stereocenters. The van der Waals surface area contributed by atoms with Gasteiger partial charge < -0.3 is 4.90 Å². The third-order valence-electron chi connectivity index (χ3n) is 3.99. The second-order valence-corrected chi connectivity index (χ2v) is 6.32. The molecule has 18 heavy (non-hydrogen) atoms. The van der Waals surface area contributed by atoms with Gasteiger partial charge in [0.1, 0.15) is 5.41 Å². The highest BCUT2D eigenvalue weighted by atomic mass is 32.1. The third-order valence-corrected chi connectivity index (χ3v) is 4.85.